The maximum absolute atomic E-state index is 12.9. The smallest absolute Gasteiger partial charge is 0.276 e. The first-order valence-corrected chi connectivity index (χ1v) is 9.63. The minimum Gasteiger partial charge on any atom is -0.383 e. The number of hydrogen-bond acceptors (Lipinski definition) is 6. The number of rotatable bonds is 10. The summed E-state index contributed by atoms with van der Waals surface area (Å²) in [6.07, 6.45) is 3.52. The molecule has 0 fully saturated rings. The van der Waals surface area contributed by atoms with Crippen LogP contribution in [-0.4, -0.2) is 53.7 Å². The third-order valence-electron chi connectivity index (χ3n) is 4.49. The number of nitrogens with zero attached hydrogens (tertiary/aromatic N) is 3. The Kier molecular flexibility index (Phi) is 7.68. The Morgan fingerprint density at radius 3 is 2.60 bits per heavy atom. The van der Waals surface area contributed by atoms with Gasteiger partial charge in [-0.15, -0.1) is 0 Å². The van der Waals surface area contributed by atoms with E-state index in [0.29, 0.717) is 25.5 Å². The molecule has 0 atom stereocenters. The largest absolute Gasteiger partial charge is 0.383 e. The summed E-state index contributed by atoms with van der Waals surface area (Å²) in [7, 11) is 1.56. The maximum Gasteiger partial charge on any atom is 0.276 e. The number of ether oxygens (including phenoxy) is 1. The van der Waals surface area contributed by atoms with Crippen LogP contribution in [0.2, 0.25) is 0 Å². The fourth-order valence-electron chi connectivity index (χ4n) is 2.82. The summed E-state index contributed by atoms with van der Waals surface area (Å²) in [5.74, 6) is 0.0628. The molecule has 2 amide bonds. The van der Waals surface area contributed by atoms with Crippen LogP contribution in [0.1, 0.15) is 22.5 Å². The van der Waals surface area contributed by atoms with E-state index in [0.717, 1.165) is 11.1 Å². The highest BCUT2D eigenvalue weighted by atomic mass is 16.5. The standard InChI is InChI=1S/C22H24N4O4/c1-29-14-13-26(12-9-21(27)24-16-17-7-10-23-11-8-17)22(28)19-15-20(30-25-19)18-5-3-2-4-6-18/h2-8,10-11,15H,9,12-14,16H2,1H3,(H,24,27). The van der Waals surface area contributed by atoms with Crippen LogP contribution in [0.3, 0.4) is 0 Å². The zero-order valence-electron chi connectivity index (χ0n) is 16.8. The molecule has 3 rings (SSSR count). The molecule has 0 aliphatic carbocycles. The molecule has 8 nitrogen and oxygen atoms in total. The van der Waals surface area contributed by atoms with E-state index in [2.05, 4.69) is 15.5 Å². The second kappa shape index (κ2) is 10.9. The van der Waals surface area contributed by atoms with Gasteiger partial charge in [0, 0.05) is 57.2 Å². The van der Waals surface area contributed by atoms with Gasteiger partial charge in [0.2, 0.25) is 5.91 Å². The lowest BCUT2D eigenvalue weighted by Crippen LogP contribution is -2.37. The van der Waals surface area contributed by atoms with E-state index >= 15 is 0 Å². The molecule has 0 unspecified atom stereocenters. The van der Waals surface area contributed by atoms with Crippen molar-refractivity contribution in [1.29, 1.82) is 0 Å². The number of benzene rings is 1. The van der Waals surface area contributed by atoms with Crippen molar-refractivity contribution in [1.82, 2.24) is 20.4 Å². The van der Waals surface area contributed by atoms with E-state index in [1.807, 2.05) is 42.5 Å². The number of hydrogen-bond donors (Lipinski definition) is 1. The summed E-state index contributed by atoms with van der Waals surface area (Å²) in [5.41, 5.74) is 1.99. The highest BCUT2D eigenvalue weighted by Crippen LogP contribution is 2.20. The van der Waals surface area contributed by atoms with Crippen molar-refractivity contribution in [2.75, 3.05) is 26.8 Å². The van der Waals surface area contributed by atoms with Gasteiger partial charge < -0.3 is 19.5 Å². The number of amides is 2. The van der Waals surface area contributed by atoms with E-state index < -0.39 is 0 Å². The van der Waals surface area contributed by atoms with Gasteiger partial charge in [0.05, 0.1) is 6.61 Å². The first kappa shape index (κ1) is 21.2. The van der Waals surface area contributed by atoms with Gasteiger partial charge in [0.1, 0.15) is 0 Å². The second-order valence-electron chi connectivity index (χ2n) is 6.61. The Bertz CT molecular complexity index is 944. The number of carbonyl (C=O) groups excluding carboxylic acids is 2. The fraction of sp³-hybridized carbons (Fsp3) is 0.273. The number of methoxy groups -OCH3 is 1. The quantitative estimate of drug-likeness (QED) is 0.554. The predicted octanol–water partition coefficient (Wildman–Crippen LogP) is 2.53. The lowest BCUT2D eigenvalue weighted by Gasteiger charge is -2.21. The normalized spacial score (nSPS) is 10.6. The molecule has 156 valence electrons. The fourth-order valence-corrected chi connectivity index (χ4v) is 2.82. The van der Waals surface area contributed by atoms with Crippen LogP contribution in [-0.2, 0) is 16.1 Å². The summed E-state index contributed by atoms with van der Waals surface area (Å²) in [6.45, 7) is 1.36. The van der Waals surface area contributed by atoms with Gasteiger partial charge in [0.25, 0.3) is 5.91 Å². The molecule has 30 heavy (non-hydrogen) atoms. The van der Waals surface area contributed by atoms with Crippen molar-refractivity contribution in [3.8, 4) is 11.3 Å². The van der Waals surface area contributed by atoms with Gasteiger partial charge in [-0.1, -0.05) is 35.5 Å². The van der Waals surface area contributed by atoms with E-state index in [-0.39, 0.29) is 30.5 Å². The van der Waals surface area contributed by atoms with Gasteiger partial charge in [-0.2, -0.15) is 0 Å². The van der Waals surface area contributed by atoms with Crippen molar-refractivity contribution in [3.63, 3.8) is 0 Å². The first-order chi connectivity index (χ1) is 14.7. The molecule has 0 saturated heterocycles. The monoisotopic (exact) mass is 408 g/mol. The zero-order valence-corrected chi connectivity index (χ0v) is 16.8. The van der Waals surface area contributed by atoms with Crippen LogP contribution in [0.25, 0.3) is 11.3 Å². The van der Waals surface area contributed by atoms with E-state index in [9.17, 15) is 9.59 Å². The number of pyridine rings is 1. The van der Waals surface area contributed by atoms with E-state index in [1.54, 1.807) is 30.5 Å². The molecular formula is C22H24N4O4. The Morgan fingerprint density at radius 1 is 1.10 bits per heavy atom. The second-order valence-corrected chi connectivity index (χ2v) is 6.61. The minimum absolute atomic E-state index is 0.146. The summed E-state index contributed by atoms with van der Waals surface area (Å²) in [5, 5.41) is 6.76. The molecule has 0 spiro atoms. The molecule has 8 heteroatoms. The Labute approximate surface area is 174 Å². The average Bonchev–Trinajstić information content (AvgIpc) is 3.29. The molecule has 0 bridgehead atoms. The van der Waals surface area contributed by atoms with Crippen LogP contribution >= 0.6 is 0 Å². The molecule has 0 aliphatic rings. The van der Waals surface area contributed by atoms with Crippen molar-refractivity contribution in [2.45, 2.75) is 13.0 Å². The molecular weight excluding hydrogens is 384 g/mol. The van der Waals surface area contributed by atoms with Crippen LogP contribution < -0.4 is 5.32 Å². The predicted molar refractivity (Wildman–Crippen MR) is 110 cm³/mol. The molecule has 2 heterocycles. The lowest BCUT2D eigenvalue weighted by molar-refractivity contribution is -0.121. The van der Waals surface area contributed by atoms with Gasteiger partial charge in [-0.25, -0.2) is 0 Å². The molecule has 3 aromatic rings. The SMILES string of the molecule is COCCN(CCC(=O)NCc1ccncc1)C(=O)c1cc(-c2ccccc2)on1. The Hall–Kier alpha value is -3.52. The van der Waals surface area contributed by atoms with Gasteiger partial charge in [-0.3, -0.25) is 14.6 Å². The molecule has 1 N–H and O–H groups in total. The van der Waals surface area contributed by atoms with E-state index in [4.69, 9.17) is 9.26 Å². The van der Waals surface area contributed by atoms with Gasteiger partial charge in [0.15, 0.2) is 11.5 Å². The molecule has 0 saturated carbocycles. The van der Waals surface area contributed by atoms with Crippen LogP contribution in [0, 0.1) is 0 Å². The number of carbonyl (C=O) groups is 2. The van der Waals surface area contributed by atoms with Crippen LogP contribution in [0.5, 0.6) is 0 Å². The molecule has 0 aliphatic heterocycles. The lowest BCUT2D eigenvalue weighted by atomic mass is 10.1. The highest BCUT2D eigenvalue weighted by Gasteiger charge is 2.21. The Morgan fingerprint density at radius 2 is 1.87 bits per heavy atom. The number of aromatic nitrogens is 2. The van der Waals surface area contributed by atoms with Crippen molar-refractivity contribution >= 4 is 11.8 Å². The summed E-state index contributed by atoms with van der Waals surface area (Å²) in [4.78, 5) is 30.6. The molecule has 1 aromatic carbocycles. The van der Waals surface area contributed by atoms with E-state index in [1.165, 1.54) is 0 Å². The summed E-state index contributed by atoms with van der Waals surface area (Å²) >= 11 is 0. The van der Waals surface area contributed by atoms with Gasteiger partial charge >= 0.3 is 0 Å². The third kappa shape index (κ3) is 5.99. The van der Waals surface area contributed by atoms with Crippen LogP contribution in [0.15, 0.2) is 65.4 Å². The topological polar surface area (TPSA) is 97.6 Å². The average molecular weight is 408 g/mol. The highest BCUT2D eigenvalue weighted by molar-refractivity contribution is 5.93. The molecule has 2 aromatic heterocycles. The van der Waals surface area contributed by atoms with Crippen molar-refractivity contribution < 1.29 is 18.8 Å². The van der Waals surface area contributed by atoms with Crippen LogP contribution in [0.4, 0.5) is 0 Å². The summed E-state index contributed by atoms with van der Waals surface area (Å²) in [6, 6.07) is 14.7. The van der Waals surface area contributed by atoms with Crippen molar-refractivity contribution in [2.24, 2.45) is 0 Å². The maximum atomic E-state index is 12.9. The third-order valence-corrected chi connectivity index (χ3v) is 4.49. The summed E-state index contributed by atoms with van der Waals surface area (Å²) < 4.78 is 10.4. The Balaban J connectivity index is 1.58. The van der Waals surface area contributed by atoms with Gasteiger partial charge in [-0.05, 0) is 17.7 Å². The first-order valence-electron chi connectivity index (χ1n) is 9.63. The molecule has 0 radical (unpaired) electrons. The van der Waals surface area contributed by atoms with Crippen molar-refractivity contribution in [3.05, 3.63) is 72.2 Å². The number of nitrogens with one attached hydrogen (secondary N) is 1. The zero-order chi connectivity index (χ0) is 21.2. The minimum atomic E-state index is -0.306.